The van der Waals surface area contributed by atoms with Crippen LogP contribution in [0.4, 0.5) is 17.6 Å². The van der Waals surface area contributed by atoms with E-state index in [0.29, 0.717) is 5.41 Å². The van der Waals surface area contributed by atoms with Gasteiger partial charge in [0.25, 0.3) is 0 Å². The zero-order chi connectivity index (χ0) is 11.2. The van der Waals surface area contributed by atoms with E-state index in [4.69, 9.17) is 0 Å². The average Bonchev–Trinajstić information content (AvgIpc) is 2.22. The summed E-state index contributed by atoms with van der Waals surface area (Å²) in [5, 5.41) is 0.366. The lowest BCUT2D eigenvalue weighted by atomic mass is 10.2. The standard InChI is InChI=1S/C6H7F4NO2S/c1-2-14(12,13)11-3-5(7,8)6(9,10)4-11/h2H,1,3-4H2. The maximum atomic E-state index is 12.5. The number of hydrogen-bond acceptors (Lipinski definition) is 2. The van der Waals surface area contributed by atoms with E-state index in [1.165, 1.54) is 0 Å². The van der Waals surface area contributed by atoms with Crippen LogP contribution in [0.5, 0.6) is 0 Å². The lowest BCUT2D eigenvalue weighted by Gasteiger charge is -2.15. The lowest BCUT2D eigenvalue weighted by molar-refractivity contribution is -0.172. The molecule has 0 spiro atoms. The monoisotopic (exact) mass is 233 g/mol. The summed E-state index contributed by atoms with van der Waals surface area (Å²) >= 11 is 0. The Hall–Kier alpha value is -0.630. The molecule has 0 N–H and O–H groups in total. The van der Waals surface area contributed by atoms with Crippen LogP contribution in [-0.4, -0.2) is 37.7 Å². The van der Waals surface area contributed by atoms with Crippen molar-refractivity contribution < 1.29 is 26.0 Å². The van der Waals surface area contributed by atoms with Crippen molar-refractivity contribution in [2.45, 2.75) is 11.8 Å². The number of nitrogens with zero attached hydrogens (tertiary/aromatic N) is 1. The van der Waals surface area contributed by atoms with Gasteiger partial charge in [-0.1, -0.05) is 6.58 Å². The molecule has 1 saturated heterocycles. The zero-order valence-electron chi connectivity index (χ0n) is 6.88. The van der Waals surface area contributed by atoms with Crippen molar-refractivity contribution in [3.8, 4) is 0 Å². The fourth-order valence-corrected chi connectivity index (χ4v) is 1.91. The molecule has 0 saturated carbocycles. The summed E-state index contributed by atoms with van der Waals surface area (Å²) < 4.78 is 72.0. The molecule has 0 aromatic heterocycles. The van der Waals surface area contributed by atoms with E-state index in [1.54, 1.807) is 0 Å². The molecule has 0 aromatic carbocycles. The SMILES string of the molecule is C=CS(=O)(=O)N1CC(F)(F)C(F)(F)C1. The van der Waals surface area contributed by atoms with Crippen LogP contribution in [0.3, 0.4) is 0 Å². The molecule has 1 fully saturated rings. The van der Waals surface area contributed by atoms with Gasteiger partial charge in [0, 0.05) is 5.41 Å². The number of hydrogen-bond donors (Lipinski definition) is 0. The first-order valence-electron chi connectivity index (χ1n) is 3.51. The molecule has 0 aromatic rings. The van der Waals surface area contributed by atoms with Crippen LogP contribution in [0.15, 0.2) is 12.0 Å². The highest BCUT2D eigenvalue weighted by Gasteiger charge is 2.64. The third-order valence-electron chi connectivity index (χ3n) is 1.86. The molecule has 1 aliphatic heterocycles. The second-order valence-corrected chi connectivity index (χ2v) is 4.77. The summed E-state index contributed by atoms with van der Waals surface area (Å²) in [6.45, 7) is -0.158. The Kier molecular flexibility index (Phi) is 2.39. The largest absolute Gasteiger partial charge is 0.325 e. The van der Waals surface area contributed by atoms with Crippen LogP contribution in [-0.2, 0) is 10.0 Å². The molecule has 3 nitrogen and oxygen atoms in total. The van der Waals surface area contributed by atoms with Crippen molar-refractivity contribution in [1.82, 2.24) is 4.31 Å². The molecule has 0 radical (unpaired) electrons. The van der Waals surface area contributed by atoms with Gasteiger partial charge in [0.05, 0.1) is 13.1 Å². The minimum absolute atomic E-state index is 0.0139. The van der Waals surface area contributed by atoms with Crippen LogP contribution >= 0.6 is 0 Å². The van der Waals surface area contributed by atoms with Gasteiger partial charge in [-0.25, -0.2) is 8.42 Å². The molecule has 82 valence electrons. The van der Waals surface area contributed by atoms with E-state index < -0.39 is 35.0 Å². The van der Waals surface area contributed by atoms with E-state index in [-0.39, 0.29) is 4.31 Å². The van der Waals surface area contributed by atoms with Gasteiger partial charge in [0.2, 0.25) is 10.0 Å². The van der Waals surface area contributed by atoms with Gasteiger partial charge in [-0.15, -0.1) is 0 Å². The lowest BCUT2D eigenvalue weighted by Crippen LogP contribution is -2.38. The summed E-state index contributed by atoms with van der Waals surface area (Å²) in [6, 6.07) is 0. The summed E-state index contributed by atoms with van der Waals surface area (Å²) in [5.74, 6) is -8.63. The fraction of sp³-hybridized carbons (Fsp3) is 0.667. The quantitative estimate of drug-likeness (QED) is 0.668. The third-order valence-corrected chi connectivity index (χ3v) is 3.25. The first-order valence-corrected chi connectivity index (χ1v) is 5.01. The van der Waals surface area contributed by atoms with Crippen molar-refractivity contribution in [2.24, 2.45) is 0 Å². The van der Waals surface area contributed by atoms with Gasteiger partial charge in [0.1, 0.15) is 0 Å². The first-order chi connectivity index (χ1) is 6.12. The van der Waals surface area contributed by atoms with E-state index in [0.717, 1.165) is 0 Å². The number of sulfonamides is 1. The fourth-order valence-electron chi connectivity index (χ4n) is 1.02. The molecule has 8 heteroatoms. The van der Waals surface area contributed by atoms with Crippen LogP contribution in [0, 0.1) is 0 Å². The summed E-state index contributed by atoms with van der Waals surface area (Å²) in [4.78, 5) is 0. The Morgan fingerprint density at radius 3 is 1.79 bits per heavy atom. The van der Waals surface area contributed by atoms with Gasteiger partial charge < -0.3 is 0 Å². The Morgan fingerprint density at radius 1 is 1.14 bits per heavy atom. The first kappa shape index (κ1) is 11.4. The van der Waals surface area contributed by atoms with Crippen LogP contribution in [0.1, 0.15) is 0 Å². The molecule has 0 unspecified atom stereocenters. The predicted molar refractivity (Wildman–Crippen MR) is 40.6 cm³/mol. The molecule has 0 atom stereocenters. The highest BCUT2D eigenvalue weighted by Crippen LogP contribution is 2.41. The minimum Gasteiger partial charge on any atom is -0.208 e. The van der Waals surface area contributed by atoms with Crippen molar-refractivity contribution in [3.63, 3.8) is 0 Å². The van der Waals surface area contributed by atoms with Gasteiger partial charge in [-0.05, 0) is 0 Å². The number of halogens is 4. The van der Waals surface area contributed by atoms with Crippen molar-refractivity contribution in [3.05, 3.63) is 12.0 Å². The smallest absolute Gasteiger partial charge is 0.208 e. The molecular formula is C6H7F4NO2S. The highest BCUT2D eigenvalue weighted by molar-refractivity contribution is 7.92. The Balaban J connectivity index is 3.00. The molecule has 0 aliphatic carbocycles. The van der Waals surface area contributed by atoms with Crippen LogP contribution in [0.2, 0.25) is 0 Å². The van der Waals surface area contributed by atoms with Crippen molar-refractivity contribution in [2.75, 3.05) is 13.1 Å². The second kappa shape index (κ2) is 2.93. The van der Waals surface area contributed by atoms with E-state index in [2.05, 4.69) is 6.58 Å². The molecule has 1 rings (SSSR count). The van der Waals surface area contributed by atoms with E-state index in [1.807, 2.05) is 0 Å². The molecule has 0 amide bonds. The van der Waals surface area contributed by atoms with Gasteiger partial charge in [-0.3, -0.25) is 0 Å². The van der Waals surface area contributed by atoms with Gasteiger partial charge in [-0.2, -0.15) is 21.9 Å². The zero-order valence-corrected chi connectivity index (χ0v) is 7.70. The van der Waals surface area contributed by atoms with E-state index in [9.17, 15) is 26.0 Å². The maximum Gasteiger partial charge on any atom is 0.325 e. The number of rotatable bonds is 2. The third kappa shape index (κ3) is 1.63. The molecule has 14 heavy (non-hydrogen) atoms. The van der Waals surface area contributed by atoms with Crippen molar-refractivity contribution >= 4 is 10.0 Å². The Labute approximate surface area is 78.1 Å². The minimum atomic E-state index is -4.32. The van der Waals surface area contributed by atoms with Gasteiger partial charge >= 0.3 is 11.8 Å². The summed E-state index contributed by atoms with van der Waals surface area (Å²) in [6.07, 6.45) is 0. The van der Waals surface area contributed by atoms with E-state index >= 15 is 0 Å². The Morgan fingerprint density at radius 2 is 1.50 bits per heavy atom. The van der Waals surface area contributed by atoms with Crippen LogP contribution in [0.25, 0.3) is 0 Å². The topological polar surface area (TPSA) is 37.4 Å². The molecule has 0 bridgehead atoms. The highest BCUT2D eigenvalue weighted by atomic mass is 32.2. The summed E-state index contributed by atoms with van der Waals surface area (Å²) in [5.41, 5.74) is 0. The summed E-state index contributed by atoms with van der Waals surface area (Å²) in [7, 11) is -4.20. The number of alkyl halides is 4. The normalized spacial score (nSPS) is 26.3. The maximum absolute atomic E-state index is 12.5. The van der Waals surface area contributed by atoms with Gasteiger partial charge in [0.15, 0.2) is 0 Å². The average molecular weight is 233 g/mol. The molecular weight excluding hydrogens is 226 g/mol. The van der Waals surface area contributed by atoms with Crippen molar-refractivity contribution in [1.29, 1.82) is 0 Å². The van der Waals surface area contributed by atoms with Crippen LogP contribution < -0.4 is 0 Å². The molecule has 1 heterocycles. The molecule has 1 aliphatic rings. The Bertz CT molecular complexity index is 335. The predicted octanol–water partition coefficient (Wildman–Crippen LogP) is 1.05. The second-order valence-electron chi connectivity index (χ2n) is 2.89.